The molecule has 6 N–H and O–H groups in total. The zero-order valence-corrected chi connectivity index (χ0v) is 17.5. The van der Waals surface area contributed by atoms with Crippen LogP contribution in [0, 0.1) is 5.92 Å². The fourth-order valence-electron chi connectivity index (χ4n) is 2.87. The minimum Gasteiger partial charge on any atom is -0.508 e. The Balaban J connectivity index is 2.00. The lowest BCUT2D eigenvalue weighted by Crippen LogP contribution is -2.56. The van der Waals surface area contributed by atoms with Crippen molar-refractivity contribution in [2.24, 2.45) is 11.8 Å². The number of carbonyl (C=O) groups excluding carboxylic acids is 3. The van der Waals surface area contributed by atoms with Gasteiger partial charge in [-0.1, -0.05) is 56.3 Å². The van der Waals surface area contributed by atoms with Gasteiger partial charge in [0.2, 0.25) is 5.91 Å². The van der Waals surface area contributed by atoms with E-state index < -0.39 is 30.0 Å². The minimum absolute atomic E-state index is 0.0676. The Morgan fingerprint density at radius 1 is 0.935 bits per heavy atom. The number of nitrogens with two attached hydrogens (primary N) is 1. The summed E-state index contributed by atoms with van der Waals surface area (Å²) >= 11 is 0. The minimum atomic E-state index is -0.967. The number of hydrogen-bond donors (Lipinski definition) is 5. The van der Waals surface area contributed by atoms with Gasteiger partial charge < -0.3 is 20.5 Å². The standard InChI is InChI=1S/C22H28N4O5/c1-14(2)19(25-22(30)31-13-16-6-4-3-5-7-16)21(29)24-18(20(28)26-23)12-15-8-10-17(27)11-9-15/h3-11,14,18-19,27H,12-13,23H2,1-2H3,(H,24,29)(H,25,30)(H,26,28)/t18-,19+/m0/s1. The molecule has 0 aliphatic carbocycles. The molecule has 2 atom stereocenters. The number of rotatable bonds is 9. The highest BCUT2D eigenvalue weighted by Crippen LogP contribution is 2.12. The van der Waals surface area contributed by atoms with Crippen LogP contribution < -0.4 is 21.9 Å². The van der Waals surface area contributed by atoms with Gasteiger partial charge in [0.25, 0.3) is 5.91 Å². The largest absolute Gasteiger partial charge is 0.508 e. The molecule has 0 bridgehead atoms. The van der Waals surface area contributed by atoms with Crippen LogP contribution in [-0.2, 0) is 27.4 Å². The van der Waals surface area contributed by atoms with Crippen molar-refractivity contribution >= 4 is 17.9 Å². The molecule has 0 radical (unpaired) electrons. The fraction of sp³-hybridized carbons (Fsp3) is 0.318. The van der Waals surface area contributed by atoms with Crippen LogP contribution >= 0.6 is 0 Å². The molecule has 0 saturated heterocycles. The second-order valence-electron chi connectivity index (χ2n) is 7.37. The van der Waals surface area contributed by atoms with Crippen LogP contribution in [0.2, 0.25) is 0 Å². The lowest BCUT2D eigenvalue weighted by molar-refractivity contribution is -0.130. The highest BCUT2D eigenvalue weighted by atomic mass is 16.5. The summed E-state index contributed by atoms with van der Waals surface area (Å²) in [5, 5.41) is 14.6. The molecule has 2 aromatic carbocycles. The van der Waals surface area contributed by atoms with Crippen molar-refractivity contribution in [1.82, 2.24) is 16.1 Å². The van der Waals surface area contributed by atoms with Gasteiger partial charge in [-0.05, 0) is 29.2 Å². The number of aromatic hydroxyl groups is 1. The summed E-state index contributed by atoms with van der Waals surface area (Å²) in [7, 11) is 0. The Bertz CT molecular complexity index is 871. The summed E-state index contributed by atoms with van der Waals surface area (Å²) in [6.45, 7) is 3.59. The van der Waals surface area contributed by atoms with E-state index in [9.17, 15) is 19.5 Å². The van der Waals surface area contributed by atoms with E-state index in [1.807, 2.05) is 35.8 Å². The summed E-state index contributed by atoms with van der Waals surface area (Å²) < 4.78 is 5.19. The monoisotopic (exact) mass is 428 g/mol. The molecule has 9 nitrogen and oxygen atoms in total. The second kappa shape index (κ2) is 11.6. The Labute approximate surface area is 180 Å². The number of nitrogens with one attached hydrogen (secondary N) is 3. The first-order chi connectivity index (χ1) is 14.8. The molecule has 0 aromatic heterocycles. The van der Waals surface area contributed by atoms with E-state index in [-0.39, 0.29) is 24.7 Å². The van der Waals surface area contributed by atoms with Crippen LogP contribution in [0.3, 0.4) is 0 Å². The highest BCUT2D eigenvalue weighted by Gasteiger charge is 2.29. The van der Waals surface area contributed by atoms with Crippen molar-refractivity contribution < 1.29 is 24.2 Å². The van der Waals surface area contributed by atoms with Gasteiger partial charge in [0.15, 0.2) is 0 Å². The molecule has 0 aliphatic heterocycles. The molecular weight excluding hydrogens is 400 g/mol. The predicted octanol–water partition coefficient (Wildman–Crippen LogP) is 1.36. The van der Waals surface area contributed by atoms with Gasteiger partial charge in [0, 0.05) is 6.42 Å². The first kappa shape index (κ1) is 23.7. The van der Waals surface area contributed by atoms with Gasteiger partial charge in [0.05, 0.1) is 0 Å². The van der Waals surface area contributed by atoms with Gasteiger partial charge in [-0.2, -0.15) is 0 Å². The summed E-state index contributed by atoms with van der Waals surface area (Å²) in [5.41, 5.74) is 3.56. The smallest absolute Gasteiger partial charge is 0.408 e. The first-order valence-electron chi connectivity index (χ1n) is 9.86. The molecule has 0 heterocycles. The zero-order chi connectivity index (χ0) is 22.8. The molecule has 166 valence electrons. The molecule has 0 aliphatic rings. The number of benzene rings is 2. The van der Waals surface area contributed by atoms with E-state index >= 15 is 0 Å². The van der Waals surface area contributed by atoms with Crippen LogP contribution in [0.4, 0.5) is 4.79 Å². The summed E-state index contributed by atoms with van der Waals surface area (Å²) in [5.74, 6) is 3.95. The van der Waals surface area contributed by atoms with Crippen LogP contribution in [0.5, 0.6) is 5.75 Å². The number of ether oxygens (including phenoxy) is 1. The Morgan fingerprint density at radius 3 is 2.16 bits per heavy atom. The third-order valence-electron chi connectivity index (χ3n) is 4.59. The number of phenolic OH excluding ortho intramolecular Hbond substituents is 1. The molecule has 3 amide bonds. The fourth-order valence-corrected chi connectivity index (χ4v) is 2.87. The zero-order valence-electron chi connectivity index (χ0n) is 17.5. The lowest BCUT2D eigenvalue weighted by atomic mass is 10.0. The molecule has 31 heavy (non-hydrogen) atoms. The Hall–Kier alpha value is -3.59. The van der Waals surface area contributed by atoms with E-state index in [1.54, 1.807) is 26.0 Å². The summed E-state index contributed by atoms with van der Waals surface area (Å²) in [4.78, 5) is 37.2. The third kappa shape index (κ3) is 7.63. The quantitative estimate of drug-likeness (QED) is 0.232. The molecule has 0 unspecified atom stereocenters. The molecule has 2 rings (SSSR count). The molecule has 9 heteroatoms. The highest BCUT2D eigenvalue weighted by molar-refractivity contribution is 5.91. The van der Waals surface area contributed by atoms with E-state index in [0.717, 1.165) is 5.56 Å². The number of hydrogen-bond acceptors (Lipinski definition) is 6. The van der Waals surface area contributed by atoms with Gasteiger partial charge in [0.1, 0.15) is 24.4 Å². The van der Waals surface area contributed by atoms with Crippen molar-refractivity contribution in [2.75, 3.05) is 0 Å². The molecular formula is C22H28N4O5. The van der Waals surface area contributed by atoms with Crippen LogP contribution in [0.25, 0.3) is 0 Å². The van der Waals surface area contributed by atoms with Gasteiger partial charge in [-0.15, -0.1) is 0 Å². The van der Waals surface area contributed by atoms with E-state index in [0.29, 0.717) is 5.56 Å². The predicted molar refractivity (Wildman–Crippen MR) is 114 cm³/mol. The first-order valence-corrected chi connectivity index (χ1v) is 9.86. The van der Waals surface area contributed by atoms with Gasteiger partial charge >= 0.3 is 6.09 Å². The maximum absolute atomic E-state index is 12.8. The lowest BCUT2D eigenvalue weighted by Gasteiger charge is -2.24. The van der Waals surface area contributed by atoms with Crippen LogP contribution in [-0.4, -0.2) is 35.1 Å². The van der Waals surface area contributed by atoms with Gasteiger partial charge in [-0.25, -0.2) is 10.6 Å². The van der Waals surface area contributed by atoms with Gasteiger partial charge in [-0.3, -0.25) is 15.0 Å². The number of amides is 3. The van der Waals surface area contributed by atoms with Crippen molar-refractivity contribution in [3.63, 3.8) is 0 Å². The van der Waals surface area contributed by atoms with Crippen LogP contribution in [0.1, 0.15) is 25.0 Å². The molecule has 2 aromatic rings. The maximum Gasteiger partial charge on any atom is 0.408 e. The average Bonchev–Trinajstić information content (AvgIpc) is 2.76. The maximum atomic E-state index is 12.8. The van der Waals surface area contributed by atoms with Crippen molar-refractivity contribution in [2.45, 2.75) is 39.0 Å². The Morgan fingerprint density at radius 2 is 1.58 bits per heavy atom. The number of alkyl carbamates (subject to hydrolysis) is 1. The average molecular weight is 428 g/mol. The second-order valence-corrected chi connectivity index (χ2v) is 7.37. The number of phenols is 1. The SMILES string of the molecule is CC(C)[C@@H](NC(=O)OCc1ccccc1)C(=O)N[C@@H](Cc1ccc(O)cc1)C(=O)NN. The number of hydrazine groups is 1. The van der Waals surface area contributed by atoms with Crippen molar-refractivity contribution in [1.29, 1.82) is 0 Å². The van der Waals surface area contributed by atoms with Crippen LogP contribution in [0.15, 0.2) is 54.6 Å². The Kier molecular flexibility index (Phi) is 8.83. The van der Waals surface area contributed by atoms with Crippen molar-refractivity contribution in [3.8, 4) is 5.75 Å². The van der Waals surface area contributed by atoms with E-state index in [1.165, 1.54) is 12.1 Å². The van der Waals surface area contributed by atoms with Crippen molar-refractivity contribution in [3.05, 3.63) is 65.7 Å². The normalized spacial score (nSPS) is 12.5. The molecule has 0 spiro atoms. The van der Waals surface area contributed by atoms with E-state index in [4.69, 9.17) is 10.6 Å². The topological polar surface area (TPSA) is 143 Å². The number of carbonyl (C=O) groups is 3. The molecule has 0 saturated carbocycles. The third-order valence-corrected chi connectivity index (χ3v) is 4.59. The molecule has 0 fully saturated rings. The van der Waals surface area contributed by atoms with E-state index in [2.05, 4.69) is 10.6 Å². The summed E-state index contributed by atoms with van der Waals surface area (Å²) in [6, 6.07) is 13.5. The summed E-state index contributed by atoms with van der Waals surface area (Å²) in [6.07, 6.45) is -0.589.